The van der Waals surface area contributed by atoms with Gasteiger partial charge in [0.15, 0.2) is 6.61 Å². The van der Waals surface area contributed by atoms with E-state index in [0.29, 0.717) is 18.0 Å². The van der Waals surface area contributed by atoms with Crippen LogP contribution in [-0.2, 0) is 13.7 Å². The van der Waals surface area contributed by atoms with E-state index in [0.717, 1.165) is 11.1 Å². The quantitative estimate of drug-likeness (QED) is 0.835. The molecule has 0 fully saturated rings. The molecule has 0 aliphatic heterocycles. The molecule has 0 aliphatic carbocycles. The SMILES string of the molecule is Cc1ccc(OCc2nnn(C)n2)c(C#CCCO)c1. The first kappa shape index (κ1) is 14.0. The summed E-state index contributed by atoms with van der Waals surface area (Å²) in [7, 11) is 1.70. The van der Waals surface area contributed by atoms with Crippen LogP contribution in [0.4, 0.5) is 0 Å². The van der Waals surface area contributed by atoms with Crippen molar-refractivity contribution in [3.05, 3.63) is 35.2 Å². The van der Waals surface area contributed by atoms with Gasteiger partial charge >= 0.3 is 0 Å². The number of rotatable bonds is 4. The Morgan fingerprint density at radius 1 is 1.40 bits per heavy atom. The molecule has 1 aromatic carbocycles. The molecule has 1 heterocycles. The van der Waals surface area contributed by atoms with Crippen molar-refractivity contribution < 1.29 is 9.84 Å². The van der Waals surface area contributed by atoms with Crippen LogP contribution in [0.1, 0.15) is 23.4 Å². The summed E-state index contributed by atoms with van der Waals surface area (Å²) in [5.41, 5.74) is 1.89. The largest absolute Gasteiger partial charge is 0.484 e. The Bertz CT molecular complexity index is 640. The monoisotopic (exact) mass is 272 g/mol. The van der Waals surface area contributed by atoms with E-state index in [2.05, 4.69) is 27.3 Å². The Balaban J connectivity index is 2.12. The van der Waals surface area contributed by atoms with E-state index in [1.807, 2.05) is 25.1 Å². The second kappa shape index (κ2) is 6.68. The Morgan fingerprint density at radius 2 is 2.25 bits per heavy atom. The van der Waals surface area contributed by atoms with Crippen molar-refractivity contribution in [2.75, 3.05) is 6.61 Å². The fraction of sp³-hybridized carbons (Fsp3) is 0.357. The summed E-state index contributed by atoms with van der Waals surface area (Å²) in [5, 5.41) is 20.4. The van der Waals surface area contributed by atoms with Gasteiger partial charge in [-0.25, -0.2) is 0 Å². The molecule has 1 aromatic heterocycles. The highest BCUT2D eigenvalue weighted by molar-refractivity contribution is 5.48. The molecule has 2 rings (SSSR count). The van der Waals surface area contributed by atoms with Crippen molar-refractivity contribution in [2.45, 2.75) is 20.0 Å². The van der Waals surface area contributed by atoms with Crippen LogP contribution >= 0.6 is 0 Å². The van der Waals surface area contributed by atoms with Gasteiger partial charge in [0, 0.05) is 6.42 Å². The Kier molecular flexibility index (Phi) is 4.69. The van der Waals surface area contributed by atoms with Gasteiger partial charge in [0.1, 0.15) is 5.75 Å². The summed E-state index contributed by atoms with van der Waals surface area (Å²) in [4.78, 5) is 1.38. The molecule has 0 spiro atoms. The molecule has 0 aliphatic rings. The normalized spacial score (nSPS) is 9.95. The topological polar surface area (TPSA) is 73.1 Å². The van der Waals surface area contributed by atoms with Gasteiger partial charge in [0.2, 0.25) is 5.82 Å². The minimum Gasteiger partial charge on any atom is -0.484 e. The van der Waals surface area contributed by atoms with E-state index in [9.17, 15) is 0 Å². The first-order valence-corrected chi connectivity index (χ1v) is 6.25. The Labute approximate surface area is 117 Å². The van der Waals surface area contributed by atoms with Gasteiger partial charge in [0.25, 0.3) is 0 Å². The van der Waals surface area contributed by atoms with Crippen LogP contribution in [-0.4, -0.2) is 31.9 Å². The van der Waals surface area contributed by atoms with Crippen molar-refractivity contribution in [3.8, 4) is 17.6 Å². The summed E-state index contributed by atoms with van der Waals surface area (Å²) in [6, 6.07) is 5.77. The predicted octanol–water partition coefficient (Wildman–Crippen LogP) is 0.831. The second-order valence-corrected chi connectivity index (χ2v) is 4.26. The smallest absolute Gasteiger partial charge is 0.212 e. The zero-order valence-corrected chi connectivity index (χ0v) is 11.5. The lowest BCUT2D eigenvalue weighted by atomic mass is 10.1. The van der Waals surface area contributed by atoms with E-state index in [1.54, 1.807) is 7.05 Å². The molecule has 0 radical (unpaired) electrons. The molecule has 0 bridgehead atoms. The summed E-state index contributed by atoms with van der Waals surface area (Å²) in [6.45, 7) is 2.29. The van der Waals surface area contributed by atoms with Gasteiger partial charge in [-0.3, -0.25) is 0 Å². The summed E-state index contributed by atoms with van der Waals surface area (Å²) in [6.07, 6.45) is 0.444. The molecule has 6 nitrogen and oxygen atoms in total. The number of nitrogens with zero attached hydrogens (tertiary/aromatic N) is 4. The number of benzene rings is 1. The van der Waals surface area contributed by atoms with Crippen LogP contribution in [0, 0.1) is 18.8 Å². The van der Waals surface area contributed by atoms with Crippen molar-refractivity contribution in [2.24, 2.45) is 7.05 Å². The minimum absolute atomic E-state index is 0.0541. The van der Waals surface area contributed by atoms with Crippen molar-refractivity contribution in [3.63, 3.8) is 0 Å². The fourth-order valence-electron chi connectivity index (χ4n) is 1.60. The van der Waals surface area contributed by atoms with Gasteiger partial charge in [-0.1, -0.05) is 17.9 Å². The lowest BCUT2D eigenvalue weighted by molar-refractivity contribution is 0.294. The average molecular weight is 272 g/mol. The number of ether oxygens (including phenoxy) is 1. The summed E-state index contributed by atoms with van der Waals surface area (Å²) >= 11 is 0. The maximum atomic E-state index is 8.76. The van der Waals surface area contributed by atoms with Gasteiger partial charge in [-0.15, -0.1) is 10.2 Å². The van der Waals surface area contributed by atoms with Gasteiger partial charge in [0.05, 0.1) is 19.2 Å². The lowest BCUT2D eigenvalue weighted by Gasteiger charge is -2.07. The third-order valence-electron chi connectivity index (χ3n) is 2.50. The number of hydrogen-bond acceptors (Lipinski definition) is 5. The maximum Gasteiger partial charge on any atom is 0.212 e. The molecular weight excluding hydrogens is 256 g/mol. The number of aryl methyl sites for hydroxylation is 2. The van der Waals surface area contributed by atoms with Crippen molar-refractivity contribution >= 4 is 0 Å². The van der Waals surface area contributed by atoms with E-state index in [-0.39, 0.29) is 13.2 Å². The third-order valence-corrected chi connectivity index (χ3v) is 2.50. The maximum absolute atomic E-state index is 8.76. The zero-order valence-electron chi connectivity index (χ0n) is 11.5. The zero-order chi connectivity index (χ0) is 14.4. The molecule has 20 heavy (non-hydrogen) atoms. The highest BCUT2D eigenvalue weighted by atomic mass is 16.5. The number of hydrogen-bond donors (Lipinski definition) is 1. The van der Waals surface area contributed by atoms with E-state index in [4.69, 9.17) is 9.84 Å². The number of aromatic nitrogens is 4. The standard InChI is InChI=1S/C14H16N4O2/c1-11-6-7-13(12(9-11)5-3-4-8-19)20-10-14-15-17-18(2)16-14/h6-7,9,19H,4,8,10H2,1-2H3. The van der Waals surface area contributed by atoms with Crippen LogP contribution in [0.5, 0.6) is 5.75 Å². The highest BCUT2D eigenvalue weighted by Crippen LogP contribution is 2.19. The van der Waals surface area contributed by atoms with Crippen LogP contribution in [0.3, 0.4) is 0 Å². The average Bonchev–Trinajstić information content (AvgIpc) is 2.84. The van der Waals surface area contributed by atoms with Gasteiger partial charge < -0.3 is 9.84 Å². The molecule has 104 valence electrons. The lowest BCUT2D eigenvalue weighted by Crippen LogP contribution is -2.00. The molecule has 0 amide bonds. The summed E-state index contributed by atoms with van der Waals surface area (Å²) < 4.78 is 5.68. The number of aliphatic hydroxyl groups is 1. The van der Waals surface area contributed by atoms with Crippen LogP contribution in [0.15, 0.2) is 18.2 Å². The summed E-state index contributed by atoms with van der Waals surface area (Å²) in [5.74, 6) is 7.08. The van der Waals surface area contributed by atoms with Crippen LogP contribution in [0.25, 0.3) is 0 Å². The minimum atomic E-state index is 0.0541. The number of aliphatic hydroxyl groups excluding tert-OH is 1. The molecular formula is C14H16N4O2. The van der Waals surface area contributed by atoms with E-state index >= 15 is 0 Å². The molecule has 2 aromatic rings. The highest BCUT2D eigenvalue weighted by Gasteiger charge is 2.05. The third kappa shape index (κ3) is 3.80. The van der Waals surface area contributed by atoms with E-state index < -0.39 is 0 Å². The Morgan fingerprint density at radius 3 is 2.95 bits per heavy atom. The first-order valence-electron chi connectivity index (χ1n) is 6.25. The molecule has 0 atom stereocenters. The van der Waals surface area contributed by atoms with Crippen molar-refractivity contribution in [1.29, 1.82) is 0 Å². The first-order chi connectivity index (χ1) is 9.69. The molecule has 0 unspecified atom stereocenters. The Hall–Kier alpha value is -2.39. The second-order valence-electron chi connectivity index (χ2n) is 4.26. The van der Waals surface area contributed by atoms with E-state index in [1.165, 1.54) is 4.80 Å². The molecule has 1 N–H and O–H groups in total. The fourth-order valence-corrected chi connectivity index (χ4v) is 1.60. The molecule has 0 saturated carbocycles. The van der Waals surface area contributed by atoms with Gasteiger partial charge in [-0.05, 0) is 29.8 Å². The predicted molar refractivity (Wildman–Crippen MR) is 72.9 cm³/mol. The van der Waals surface area contributed by atoms with Crippen LogP contribution in [0.2, 0.25) is 0 Å². The number of tetrazole rings is 1. The van der Waals surface area contributed by atoms with Gasteiger partial charge in [-0.2, -0.15) is 4.80 Å². The molecule has 6 heteroatoms. The van der Waals surface area contributed by atoms with Crippen molar-refractivity contribution in [1.82, 2.24) is 20.2 Å². The van der Waals surface area contributed by atoms with Crippen LogP contribution < -0.4 is 4.74 Å². The molecule has 0 saturated heterocycles.